The molecule has 1 saturated heterocycles. The van der Waals surface area contributed by atoms with Crippen LogP contribution in [-0.2, 0) is 9.53 Å². The highest BCUT2D eigenvalue weighted by molar-refractivity contribution is 5.85. The van der Waals surface area contributed by atoms with E-state index >= 15 is 0 Å². The largest absolute Gasteiger partial charge is 0.378 e. The van der Waals surface area contributed by atoms with Crippen molar-refractivity contribution < 1.29 is 9.53 Å². The lowest BCUT2D eigenvalue weighted by atomic mass is 9.97. The molecule has 0 aromatic heterocycles. The van der Waals surface area contributed by atoms with Gasteiger partial charge in [0.05, 0.1) is 25.7 Å². The minimum absolute atomic E-state index is 0.107. The maximum Gasteiger partial charge on any atom is 0.232 e. The summed E-state index contributed by atoms with van der Waals surface area (Å²) in [6.45, 7) is 2.85. The Morgan fingerprint density at radius 1 is 1.15 bits per heavy atom. The Hall–Kier alpha value is -2.08. The first-order valence-corrected chi connectivity index (χ1v) is 10.2. The summed E-state index contributed by atoms with van der Waals surface area (Å²) in [7, 11) is 0. The summed E-state index contributed by atoms with van der Waals surface area (Å²) in [5, 5.41) is 3.37. The van der Waals surface area contributed by atoms with E-state index in [1.165, 1.54) is 25.7 Å². The number of hydrogen-bond acceptors (Lipinski definition) is 3. The molecule has 2 fully saturated rings. The van der Waals surface area contributed by atoms with Crippen LogP contribution >= 0.6 is 0 Å². The molecule has 1 aromatic rings. The van der Waals surface area contributed by atoms with Gasteiger partial charge in [-0.1, -0.05) is 56.0 Å². The monoisotopic (exact) mass is 372 g/mol. The van der Waals surface area contributed by atoms with Crippen LogP contribution in [0.2, 0.25) is 0 Å². The summed E-state index contributed by atoms with van der Waals surface area (Å²) in [5.41, 5.74) is 7.14. The molecule has 27 heavy (non-hydrogen) atoms. The van der Waals surface area contributed by atoms with E-state index < -0.39 is 0 Å². The highest BCUT2D eigenvalue weighted by Crippen LogP contribution is 2.20. The summed E-state index contributed by atoms with van der Waals surface area (Å²) in [5.74, 6) is 0.256. The Morgan fingerprint density at radius 3 is 2.48 bits per heavy atom. The third kappa shape index (κ3) is 5.96. The zero-order chi connectivity index (χ0) is 18.9. The van der Waals surface area contributed by atoms with Gasteiger partial charge in [-0.3, -0.25) is 9.79 Å². The molecular formula is C21H32N4O2. The summed E-state index contributed by atoms with van der Waals surface area (Å²) >= 11 is 0. The average Bonchev–Trinajstić information content (AvgIpc) is 2.98. The Labute approximate surface area is 162 Å². The number of nitrogens with zero attached hydrogens (tertiary/aromatic N) is 2. The lowest BCUT2D eigenvalue weighted by Gasteiger charge is -2.30. The first kappa shape index (κ1) is 19.7. The zero-order valence-corrected chi connectivity index (χ0v) is 16.1. The van der Waals surface area contributed by atoms with Crippen molar-refractivity contribution in [1.29, 1.82) is 0 Å². The fraction of sp³-hybridized carbons (Fsp3) is 0.619. The number of carbonyl (C=O) groups is 1. The summed E-state index contributed by atoms with van der Waals surface area (Å²) < 4.78 is 5.38. The number of amides is 1. The maximum atomic E-state index is 13.1. The van der Waals surface area contributed by atoms with Gasteiger partial charge in [-0.2, -0.15) is 0 Å². The molecule has 0 bridgehead atoms. The van der Waals surface area contributed by atoms with E-state index in [0.29, 0.717) is 44.8 Å². The van der Waals surface area contributed by atoms with Crippen LogP contribution in [0.25, 0.3) is 0 Å². The van der Waals surface area contributed by atoms with Crippen LogP contribution in [0.15, 0.2) is 35.3 Å². The molecule has 0 spiro atoms. The van der Waals surface area contributed by atoms with Crippen molar-refractivity contribution in [3.8, 4) is 0 Å². The molecule has 3 rings (SSSR count). The van der Waals surface area contributed by atoms with Crippen LogP contribution in [0.4, 0.5) is 0 Å². The van der Waals surface area contributed by atoms with E-state index in [0.717, 1.165) is 18.4 Å². The molecule has 1 saturated carbocycles. The molecule has 0 radical (unpaired) electrons. The number of guanidine groups is 1. The number of aliphatic imine (C=N–C) groups is 1. The fourth-order valence-corrected chi connectivity index (χ4v) is 3.88. The van der Waals surface area contributed by atoms with Crippen LogP contribution in [0, 0.1) is 0 Å². The lowest BCUT2D eigenvalue weighted by Crippen LogP contribution is -2.44. The number of nitrogens with one attached hydrogen (secondary N) is 1. The van der Waals surface area contributed by atoms with Gasteiger partial charge in [0, 0.05) is 19.1 Å². The predicted molar refractivity (Wildman–Crippen MR) is 108 cm³/mol. The number of nitrogens with two attached hydrogens (primary N) is 1. The highest BCUT2D eigenvalue weighted by atomic mass is 16.5. The van der Waals surface area contributed by atoms with Crippen LogP contribution in [-0.4, -0.2) is 55.7 Å². The summed E-state index contributed by atoms with van der Waals surface area (Å²) in [4.78, 5) is 19.5. The minimum Gasteiger partial charge on any atom is -0.378 e. The van der Waals surface area contributed by atoms with Gasteiger partial charge in [0.15, 0.2) is 5.96 Å². The van der Waals surface area contributed by atoms with E-state index in [2.05, 4.69) is 10.3 Å². The third-order valence-electron chi connectivity index (χ3n) is 5.47. The molecule has 1 aromatic carbocycles. The molecule has 6 nitrogen and oxygen atoms in total. The van der Waals surface area contributed by atoms with Gasteiger partial charge in [-0.05, 0) is 18.4 Å². The van der Waals surface area contributed by atoms with Crippen molar-refractivity contribution >= 4 is 11.9 Å². The van der Waals surface area contributed by atoms with Crippen LogP contribution in [0.1, 0.15) is 50.0 Å². The van der Waals surface area contributed by atoms with E-state index in [1.54, 1.807) is 0 Å². The molecule has 1 aliphatic carbocycles. The second-order valence-corrected chi connectivity index (χ2v) is 7.46. The van der Waals surface area contributed by atoms with Crippen molar-refractivity contribution in [1.82, 2.24) is 10.2 Å². The van der Waals surface area contributed by atoms with Crippen molar-refractivity contribution in [3.63, 3.8) is 0 Å². The Kier molecular flexibility index (Phi) is 7.51. The topological polar surface area (TPSA) is 80.0 Å². The van der Waals surface area contributed by atoms with Gasteiger partial charge in [0.2, 0.25) is 5.91 Å². The van der Waals surface area contributed by atoms with E-state index in [9.17, 15) is 4.79 Å². The number of rotatable bonds is 5. The number of carbonyl (C=O) groups excluding carboxylic acids is 1. The van der Waals surface area contributed by atoms with Crippen LogP contribution in [0.3, 0.4) is 0 Å². The Morgan fingerprint density at radius 2 is 1.81 bits per heavy atom. The quantitative estimate of drug-likeness (QED) is 0.472. The second-order valence-electron chi connectivity index (χ2n) is 7.46. The first-order valence-electron chi connectivity index (χ1n) is 10.2. The van der Waals surface area contributed by atoms with Crippen LogP contribution in [0.5, 0.6) is 0 Å². The SMILES string of the molecule is NC(=NCC(C(=O)N1CCOCC1)c1ccccc1)NC1CCCCCC1. The van der Waals surface area contributed by atoms with Crippen molar-refractivity contribution in [2.45, 2.75) is 50.5 Å². The Bertz CT molecular complexity index is 606. The molecule has 1 aliphatic heterocycles. The normalized spacial score (nSPS) is 20.7. The van der Waals surface area contributed by atoms with Crippen molar-refractivity contribution in [2.75, 3.05) is 32.8 Å². The lowest BCUT2D eigenvalue weighted by molar-refractivity contribution is -0.136. The van der Waals surface area contributed by atoms with E-state index in [-0.39, 0.29) is 11.8 Å². The van der Waals surface area contributed by atoms with Crippen LogP contribution < -0.4 is 11.1 Å². The van der Waals surface area contributed by atoms with Crippen molar-refractivity contribution in [2.24, 2.45) is 10.7 Å². The average molecular weight is 373 g/mol. The first-order chi connectivity index (χ1) is 13.2. The molecule has 3 N–H and O–H groups in total. The molecule has 1 unspecified atom stereocenters. The number of morpholine rings is 1. The predicted octanol–water partition coefficient (Wildman–Crippen LogP) is 2.26. The summed E-state index contributed by atoms with van der Waals surface area (Å²) in [6, 6.07) is 10.3. The number of benzene rings is 1. The molecule has 148 valence electrons. The molecule has 1 amide bonds. The number of ether oxygens (including phenoxy) is 1. The van der Waals surface area contributed by atoms with Gasteiger partial charge >= 0.3 is 0 Å². The minimum atomic E-state index is -0.307. The van der Waals surface area contributed by atoms with E-state index in [4.69, 9.17) is 10.5 Å². The van der Waals surface area contributed by atoms with Gasteiger partial charge in [0.1, 0.15) is 0 Å². The zero-order valence-electron chi connectivity index (χ0n) is 16.1. The maximum absolute atomic E-state index is 13.1. The smallest absolute Gasteiger partial charge is 0.232 e. The third-order valence-corrected chi connectivity index (χ3v) is 5.47. The molecule has 6 heteroatoms. The number of hydrogen-bond donors (Lipinski definition) is 2. The van der Waals surface area contributed by atoms with Gasteiger partial charge in [-0.25, -0.2) is 0 Å². The van der Waals surface area contributed by atoms with Gasteiger partial charge in [0.25, 0.3) is 0 Å². The second kappa shape index (κ2) is 10.3. The fourth-order valence-electron chi connectivity index (χ4n) is 3.88. The summed E-state index contributed by atoms with van der Waals surface area (Å²) in [6.07, 6.45) is 7.38. The van der Waals surface area contributed by atoms with Crippen molar-refractivity contribution in [3.05, 3.63) is 35.9 Å². The van der Waals surface area contributed by atoms with Gasteiger partial charge in [-0.15, -0.1) is 0 Å². The molecule has 1 heterocycles. The highest BCUT2D eigenvalue weighted by Gasteiger charge is 2.27. The van der Waals surface area contributed by atoms with E-state index in [1.807, 2.05) is 35.2 Å². The van der Waals surface area contributed by atoms with Gasteiger partial charge < -0.3 is 20.7 Å². The molecular weight excluding hydrogens is 340 g/mol. The standard InChI is InChI=1S/C21H32N4O2/c22-21(24-18-10-6-1-2-7-11-18)23-16-19(17-8-4-3-5-9-17)20(26)25-12-14-27-15-13-25/h3-5,8-9,18-19H,1-2,6-7,10-16H2,(H3,22,23,24). The Balaban J connectivity index is 1.66. The molecule has 2 aliphatic rings. The molecule has 1 atom stereocenters.